The number of carbonyl (C=O) groups excluding carboxylic acids is 2. The maximum absolute atomic E-state index is 12.9. The Balaban J connectivity index is 1.42. The number of amides is 2. The molecule has 0 bridgehead atoms. The lowest BCUT2D eigenvalue weighted by molar-refractivity contribution is 0.0684. The minimum Gasteiger partial charge on any atom is -0.441 e. The van der Waals surface area contributed by atoms with E-state index in [9.17, 15) is 9.59 Å². The number of aromatic nitrogens is 2. The number of fused-ring (bicyclic) bond motifs is 1. The maximum Gasteiger partial charge on any atom is 0.415 e. The first kappa shape index (κ1) is 20.6. The highest BCUT2D eigenvalue weighted by Crippen LogP contribution is 2.43. The zero-order chi connectivity index (χ0) is 23.0. The number of carbonyl (C=O) groups is 2. The second kappa shape index (κ2) is 8.02. The maximum atomic E-state index is 12.9. The number of ether oxygens (including phenoxy) is 1. The number of benzene rings is 2. The van der Waals surface area contributed by atoms with Crippen molar-refractivity contribution in [2.24, 2.45) is 0 Å². The van der Waals surface area contributed by atoms with Gasteiger partial charge in [-0.1, -0.05) is 24.3 Å². The van der Waals surface area contributed by atoms with Crippen molar-refractivity contribution in [3.63, 3.8) is 0 Å². The van der Waals surface area contributed by atoms with Crippen LogP contribution >= 0.6 is 0 Å². The molecule has 7 nitrogen and oxygen atoms in total. The van der Waals surface area contributed by atoms with E-state index in [1.54, 1.807) is 47.8 Å². The quantitative estimate of drug-likeness (QED) is 0.464. The lowest BCUT2D eigenvalue weighted by Gasteiger charge is -2.29. The first-order valence-corrected chi connectivity index (χ1v) is 10.6. The summed E-state index contributed by atoms with van der Waals surface area (Å²) < 4.78 is 5.65. The first-order valence-electron chi connectivity index (χ1n) is 10.6. The third-order valence-corrected chi connectivity index (χ3v) is 5.75. The molecular weight excluding hydrogens is 416 g/mol. The van der Waals surface area contributed by atoms with Crippen molar-refractivity contribution in [3.05, 3.63) is 96.4 Å². The summed E-state index contributed by atoms with van der Waals surface area (Å²) in [5.41, 5.74) is 2.62. The number of hydrogen-bond donors (Lipinski definition) is 1. The molecule has 33 heavy (non-hydrogen) atoms. The van der Waals surface area contributed by atoms with Crippen LogP contribution in [0.15, 0.2) is 85.3 Å². The second-order valence-corrected chi connectivity index (χ2v) is 8.41. The van der Waals surface area contributed by atoms with Crippen LogP contribution in [0.5, 0.6) is 0 Å². The fourth-order valence-electron chi connectivity index (χ4n) is 4.26. The highest BCUT2D eigenvalue weighted by molar-refractivity contribution is 6.08. The molecule has 164 valence electrons. The molecule has 0 unspecified atom stereocenters. The van der Waals surface area contributed by atoms with Crippen LogP contribution in [-0.2, 0) is 4.74 Å². The summed E-state index contributed by atoms with van der Waals surface area (Å²) in [6, 6.07) is 19.8. The molecule has 1 fully saturated rings. The molecule has 1 aliphatic rings. The first-order chi connectivity index (χ1) is 15.9. The van der Waals surface area contributed by atoms with Crippen LogP contribution in [-0.4, -0.2) is 27.6 Å². The molecule has 0 aliphatic carbocycles. The highest BCUT2D eigenvalue weighted by atomic mass is 16.6. The Bertz CT molecular complexity index is 1330. The van der Waals surface area contributed by atoms with Crippen molar-refractivity contribution >= 4 is 34.3 Å². The number of cyclic esters (lactones) is 1. The van der Waals surface area contributed by atoms with Crippen LogP contribution in [0.2, 0.25) is 0 Å². The van der Waals surface area contributed by atoms with Crippen molar-refractivity contribution in [2.75, 3.05) is 10.2 Å². The van der Waals surface area contributed by atoms with Gasteiger partial charge in [0.05, 0.1) is 11.2 Å². The monoisotopic (exact) mass is 438 g/mol. The largest absolute Gasteiger partial charge is 0.441 e. The van der Waals surface area contributed by atoms with Crippen LogP contribution in [0.3, 0.4) is 0 Å². The van der Waals surface area contributed by atoms with Crippen LogP contribution < -0.4 is 10.2 Å². The van der Waals surface area contributed by atoms with Gasteiger partial charge in [-0.15, -0.1) is 0 Å². The Morgan fingerprint density at radius 3 is 2.52 bits per heavy atom. The summed E-state index contributed by atoms with van der Waals surface area (Å²) in [4.78, 5) is 35.8. The average molecular weight is 438 g/mol. The van der Waals surface area contributed by atoms with E-state index in [1.807, 2.05) is 56.3 Å². The van der Waals surface area contributed by atoms with Crippen LogP contribution in [0, 0.1) is 0 Å². The molecule has 0 radical (unpaired) electrons. The number of nitrogens with zero attached hydrogens (tertiary/aromatic N) is 3. The van der Waals surface area contributed by atoms with Gasteiger partial charge in [-0.2, -0.15) is 0 Å². The number of rotatable bonds is 4. The van der Waals surface area contributed by atoms with Crippen molar-refractivity contribution in [1.82, 2.24) is 9.97 Å². The molecule has 2 aromatic heterocycles. The summed E-state index contributed by atoms with van der Waals surface area (Å²) in [6.07, 6.45) is 4.69. The van der Waals surface area contributed by atoms with Gasteiger partial charge in [-0.3, -0.25) is 19.7 Å². The third kappa shape index (κ3) is 3.78. The molecule has 2 amide bonds. The van der Waals surface area contributed by atoms with Crippen molar-refractivity contribution in [3.8, 4) is 0 Å². The number of pyridine rings is 2. The average Bonchev–Trinajstić information content (AvgIpc) is 3.08. The minimum atomic E-state index is -0.739. The van der Waals surface area contributed by atoms with Crippen LogP contribution in [0.25, 0.3) is 10.9 Å². The minimum absolute atomic E-state index is 0.257. The van der Waals surface area contributed by atoms with Gasteiger partial charge in [0.15, 0.2) is 0 Å². The molecule has 3 heterocycles. The molecule has 5 rings (SSSR count). The van der Waals surface area contributed by atoms with Gasteiger partial charge >= 0.3 is 6.09 Å². The van der Waals surface area contributed by atoms with E-state index in [-0.39, 0.29) is 11.9 Å². The SMILES string of the molecule is CC1(C)OC(=O)N(c2ccc(C(=O)Nc3cccc4cccnc34)cc2)[C@@H]1c1cccnc1. The highest BCUT2D eigenvalue weighted by Gasteiger charge is 2.49. The lowest BCUT2D eigenvalue weighted by Crippen LogP contribution is -2.33. The van der Waals surface area contributed by atoms with Crippen LogP contribution in [0.1, 0.15) is 35.8 Å². The van der Waals surface area contributed by atoms with Gasteiger partial charge in [-0.05, 0) is 61.9 Å². The molecule has 1 aliphatic heterocycles. The Kier molecular flexibility index (Phi) is 5.01. The lowest BCUT2D eigenvalue weighted by atomic mass is 9.92. The van der Waals surface area contributed by atoms with Crippen molar-refractivity contribution in [2.45, 2.75) is 25.5 Å². The fraction of sp³-hybridized carbons (Fsp3) is 0.154. The summed E-state index contributed by atoms with van der Waals surface area (Å²) in [5.74, 6) is -0.257. The predicted octanol–water partition coefficient (Wildman–Crippen LogP) is 5.36. The Labute approximate surface area is 191 Å². The van der Waals surface area contributed by atoms with Gasteiger partial charge in [0.25, 0.3) is 5.91 Å². The van der Waals surface area contributed by atoms with Gasteiger partial charge in [0.1, 0.15) is 11.6 Å². The molecule has 4 aromatic rings. The molecule has 0 spiro atoms. The number of hydrogen-bond acceptors (Lipinski definition) is 5. The molecule has 0 saturated carbocycles. The van der Waals surface area contributed by atoms with Gasteiger partial charge in [0.2, 0.25) is 0 Å². The number of anilines is 2. The summed E-state index contributed by atoms with van der Waals surface area (Å²) >= 11 is 0. The van der Waals surface area contributed by atoms with Crippen molar-refractivity contribution in [1.29, 1.82) is 0 Å². The van der Waals surface area contributed by atoms with Crippen LogP contribution in [0.4, 0.5) is 16.2 Å². The Hall–Kier alpha value is -4.26. The Morgan fingerprint density at radius 2 is 1.76 bits per heavy atom. The fourth-order valence-corrected chi connectivity index (χ4v) is 4.26. The topological polar surface area (TPSA) is 84.4 Å². The summed E-state index contributed by atoms with van der Waals surface area (Å²) in [7, 11) is 0. The van der Waals surface area contributed by atoms with Gasteiger partial charge in [-0.25, -0.2) is 4.79 Å². The zero-order valence-corrected chi connectivity index (χ0v) is 18.2. The van der Waals surface area contributed by atoms with E-state index in [2.05, 4.69) is 15.3 Å². The summed E-state index contributed by atoms with van der Waals surface area (Å²) in [6.45, 7) is 3.76. The van der Waals surface area contributed by atoms with Gasteiger partial charge < -0.3 is 10.1 Å². The summed E-state index contributed by atoms with van der Waals surface area (Å²) in [5, 5.41) is 3.88. The van der Waals surface area contributed by atoms with E-state index in [0.717, 1.165) is 16.5 Å². The third-order valence-electron chi connectivity index (χ3n) is 5.75. The van der Waals surface area contributed by atoms with E-state index in [0.29, 0.717) is 16.9 Å². The van der Waals surface area contributed by atoms with E-state index >= 15 is 0 Å². The van der Waals surface area contributed by atoms with E-state index < -0.39 is 11.7 Å². The molecule has 1 saturated heterocycles. The smallest absolute Gasteiger partial charge is 0.415 e. The molecule has 2 aromatic carbocycles. The normalized spacial score (nSPS) is 17.1. The number of nitrogens with one attached hydrogen (secondary N) is 1. The zero-order valence-electron chi connectivity index (χ0n) is 18.2. The standard InChI is InChI=1S/C26H22N4O3/c1-26(2)23(19-8-4-14-27-16-19)30(25(32)33-26)20-12-10-18(11-13-20)24(31)29-21-9-3-6-17-7-5-15-28-22(17)21/h3-16,23H,1-2H3,(H,29,31)/t23-/m1/s1. The number of para-hydroxylation sites is 1. The molecule has 1 atom stereocenters. The molecule has 7 heteroatoms. The van der Waals surface area contributed by atoms with E-state index in [1.165, 1.54) is 0 Å². The molecule has 1 N–H and O–H groups in total. The van der Waals surface area contributed by atoms with Gasteiger partial charge in [0, 0.05) is 35.2 Å². The molecular formula is C26H22N4O3. The Morgan fingerprint density at radius 1 is 1.00 bits per heavy atom. The van der Waals surface area contributed by atoms with E-state index in [4.69, 9.17) is 4.74 Å². The predicted molar refractivity (Wildman–Crippen MR) is 126 cm³/mol. The van der Waals surface area contributed by atoms with Crippen molar-refractivity contribution < 1.29 is 14.3 Å². The second-order valence-electron chi connectivity index (χ2n) is 8.41.